The molecule has 0 spiro atoms. The van der Waals surface area contributed by atoms with E-state index in [0.717, 1.165) is 37.1 Å². The predicted octanol–water partition coefficient (Wildman–Crippen LogP) is 2.46. The zero-order valence-electron chi connectivity index (χ0n) is 15.0. The topological polar surface area (TPSA) is 77.9 Å². The number of nitrogens with zero attached hydrogens (tertiary/aromatic N) is 2. The van der Waals surface area contributed by atoms with Crippen LogP contribution in [0, 0.1) is 5.92 Å². The third-order valence-corrected chi connectivity index (χ3v) is 5.38. The van der Waals surface area contributed by atoms with E-state index in [0.29, 0.717) is 32.4 Å². The van der Waals surface area contributed by atoms with Crippen LogP contribution in [0.1, 0.15) is 44.1 Å². The van der Waals surface area contributed by atoms with Gasteiger partial charge in [-0.25, -0.2) is 0 Å². The lowest BCUT2D eigenvalue weighted by molar-refractivity contribution is -0.137. The predicted molar refractivity (Wildman–Crippen MR) is 97.9 cm³/mol. The maximum atomic E-state index is 12.6. The third-order valence-electron chi connectivity index (χ3n) is 5.38. The summed E-state index contributed by atoms with van der Waals surface area (Å²) in [6.45, 7) is 1.77. The molecule has 1 fully saturated rings. The number of carbonyl (C=O) groups excluding carboxylic acids is 2. The van der Waals surface area contributed by atoms with Gasteiger partial charge in [-0.1, -0.05) is 18.2 Å². The molecule has 6 heteroatoms. The van der Waals surface area contributed by atoms with Gasteiger partial charge >= 0.3 is 5.97 Å². The Morgan fingerprint density at radius 3 is 2.77 bits per heavy atom. The van der Waals surface area contributed by atoms with Gasteiger partial charge in [0, 0.05) is 44.6 Å². The number of hydrogen-bond donors (Lipinski definition) is 1. The van der Waals surface area contributed by atoms with Crippen LogP contribution in [-0.2, 0) is 20.8 Å². The molecule has 1 saturated heterocycles. The smallest absolute Gasteiger partial charge is 0.303 e. The largest absolute Gasteiger partial charge is 0.481 e. The van der Waals surface area contributed by atoms with E-state index in [4.69, 9.17) is 5.11 Å². The molecule has 1 unspecified atom stereocenters. The first-order valence-corrected chi connectivity index (χ1v) is 9.42. The maximum Gasteiger partial charge on any atom is 0.303 e. The number of piperidine rings is 1. The molecule has 2 heterocycles. The molecule has 2 amide bonds. The molecule has 1 atom stereocenters. The Labute approximate surface area is 153 Å². The molecule has 6 nitrogen and oxygen atoms in total. The van der Waals surface area contributed by atoms with E-state index in [1.807, 2.05) is 29.2 Å². The van der Waals surface area contributed by atoms with Crippen molar-refractivity contribution >= 4 is 23.5 Å². The van der Waals surface area contributed by atoms with Gasteiger partial charge in [-0.3, -0.25) is 14.4 Å². The van der Waals surface area contributed by atoms with Crippen molar-refractivity contribution in [2.75, 3.05) is 24.5 Å². The minimum absolute atomic E-state index is 0.0564. The number of aliphatic carboxylic acids is 1. The van der Waals surface area contributed by atoms with E-state index in [1.165, 1.54) is 0 Å². The van der Waals surface area contributed by atoms with Gasteiger partial charge in [-0.05, 0) is 43.2 Å². The number of para-hydroxylation sites is 1. The summed E-state index contributed by atoms with van der Waals surface area (Å²) in [5.41, 5.74) is 2.08. The van der Waals surface area contributed by atoms with Crippen molar-refractivity contribution in [1.82, 2.24) is 4.90 Å². The summed E-state index contributed by atoms with van der Waals surface area (Å²) in [7, 11) is 0. The van der Waals surface area contributed by atoms with Gasteiger partial charge in [0.25, 0.3) is 0 Å². The first-order chi connectivity index (χ1) is 12.5. The van der Waals surface area contributed by atoms with Crippen molar-refractivity contribution in [3.8, 4) is 0 Å². The Morgan fingerprint density at radius 1 is 1.15 bits per heavy atom. The fourth-order valence-electron chi connectivity index (χ4n) is 3.96. The Bertz CT molecular complexity index is 688. The van der Waals surface area contributed by atoms with Crippen LogP contribution in [0.2, 0.25) is 0 Å². The van der Waals surface area contributed by atoms with Crippen LogP contribution in [0.5, 0.6) is 0 Å². The van der Waals surface area contributed by atoms with E-state index in [9.17, 15) is 14.4 Å². The van der Waals surface area contributed by atoms with Crippen LogP contribution in [-0.4, -0.2) is 47.4 Å². The van der Waals surface area contributed by atoms with E-state index in [2.05, 4.69) is 0 Å². The monoisotopic (exact) mass is 358 g/mol. The molecule has 140 valence electrons. The fraction of sp³-hybridized carbons (Fsp3) is 0.550. The van der Waals surface area contributed by atoms with E-state index in [1.54, 1.807) is 4.90 Å². The van der Waals surface area contributed by atoms with Crippen LogP contribution >= 0.6 is 0 Å². The van der Waals surface area contributed by atoms with Gasteiger partial charge in [0.2, 0.25) is 11.8 Å². The first kappa shape index (κ1) is 18.4. The number of fused-ring (bicyclic) bond motifs is 1. The van der Waals surface area contributed by atoms with E-state index in [-0.39, 0.29) is 24.2 Å². The van der Waals surface area contributed by atoms with Crippen LogP contribution in [0.3, 0.4) is 0 Å². The molecule has 0 radical (unpaired) electrons. The lowest BCUT2D eigenvalue weighted by Crippen LogP contribution is -2.43. The molecule has 26 heavy (non-hydrogen) atoms. The van der Waals surface area contributed by atoms with Gasteiger partial charge in [0.15, 0.2) is 0 Å². The minimum Gasteiger partial charge on any atom is -0.481 e. The Morgan fingerprint density at radius 2 is 1.96 bits per heavy atom. The first-order valence-electron chi connectivity index (χ1n) is 9.42. The zero-order valence-corrected chi connectivity index (χ0v) is 15.0. The maximum absolute atomic E-state index is 12.6. The van der Waals surface area contributed by atoms with Gasteiger partial charge in [-0.2, -0.15) is 0 Å². The van der Waals surface area contributed by atoms with Crippen molar-refractivity contribution in [2.45, 2.75) is 44.9 Å². The SMILES string of the molecule is O=C(O)CCC1CCCN(C(=O)CCN2C(=O)CCc3ccccc32)C1. The van der Waals surface area contributed by atoms with Crippen LogP contribution in [0.15, 0.2) is 24.3 Å². The van der Waals surface area contributed by atoms with Crippen LogP contribution in [0.25, 0.3) is 0 Å². The molecular weight excluding hydrogens is 332 g/mol. The average Bonchev–Trinajstić information content (AvgIpc) is 2.65. The highest BCUT2D eigenvalue weighted by molar-refractivity contribution is 5.97. The zero-order chi connectivity index (χ0) is 18.5. The third kappa shape index (κ3) is 4.42. The summed E-state index contributed by atoms with van der Waals surface area (Å²) < 4.78 is 0. The molecule has 2 aliphatic rings. The molecule has 0 saturated carbocycles. The molecule has 0 aromatic heterocycles. The van der Waals surface area contributed by atoms with Crippen molar-refractivity contribution in [2.24, 2.45) is 5.92 Å². The van der Waals surface area contributed by atoms with E-state index >= 15 is 0 Å². The van der Waals surface area contributed by atoms with Crippen molar-refractivity contribution in [3.05, 3.63) is 29.8 Å². The van der Waals surface area contributed by atoms with Gasteiger partial charge in [-0.15, -0.1) is 0 Å². The van der Waals surface area contributed by atoms with Gasteiger partial charge < -0.3 is 14.9 Å². The van der Waals surface area contributed by atoms with Crippen LogP contribution in [0.4, 0.5) is 5.69 Å². The van der Waals surface area contributed by atoms with Crippen molar-refractivity contribution in [3.63, 3.8) is 0 Å². The number of carbonyl (C=O) groups is 3. The minimum atomic E-state index is -0.782. The highest BCUT2D eigenvalue weighted by Gasteiger charge is 2.27. The molecule has 1 aromatic carbocycles. The lowest BCUT2D eigenvalue weighted by Gasteiger charge is -2.34. The van der Waals surface area contributed by atoms with Crippen LogP contribution < -0.4 is 4.90 Å². The summed E-state index contributed by atoms with van der Waals surface area (Å²) in [6, 6.07) is 7.88. The number of carboxylic acid groups (broad SMARTS) is 1. The summed E-state index contributed by atoms with van der Waals surface area (Å²) in [4.78, 5) is 39.2. The molecule has 2 aliphatic heterocycles. The quantitative estimate of drug-likeness (QED) is 0.847. The molecule has 0 bridgehead atoms. The number of anilines is 1. The van der Waals surface area contributed by atoms with Gasteiger partial charge in [0.05, 0.1) is 0 Å². The number of benzene rings is 1. The molecule has 1 aromatic rings. The summed E-state index contributed by atoms with van der Waals surface area (Å²) in [6.07, 6.45) is 4.24. The number of rotatable bonds is 6. The summed E-state index contributed by atoms with van der Waals surface area (Å²) in [5.74, 6) is -0.382. The lowest BCUT2D eigenvalue weighted by atomic mass is 9.93. The van der Waals surface area contributed by atoms with Gasteiger partial charge in [0.1, 0.15) is 0 Å². The standard InChI is InChI=1S/C20H26N2O4/c23-18(21-12-3-4-15(14-21)7-10-20(25)26)11-13-22-17-6-2-1-5-16(17)8-9-19(22)24/h1-2,5-6,15H,3-4,7-14H2,(H,25,26). The molecule has 0 aliphatic carbocycles. The highest BCUT2D eigenvalue weighted by Crippen LogP contribution is 2.28. The van der Waals surface area contributed by atoms with Crippen molar-refractivity contribution < 1.29 is 19.5 Å². The second kappa shape index (κ2) is 8.34. The highest BCUT2D eigenvalue weighted by atomic mass is 16.4. The fourth-order valence-corrected chi connectivity index (χ4v) is 3.96. The molecule has 1 N–H and O–H groups in total. The van der Waals surface area contributed by atoms with E-state index < -0.39 is 5.97 Å². The number of carboxylic acids is 1. The number of aryl methyl sites for hydroxylation is 1. The summed E-state index contributed by atoms with van der Waals surface area (Å²) >= 11 is 0. The number of likely N-dealkylation sites (tertiary alicyclic amines) is 1. The van der Waals surface area contributed by atoms with Crippen molar-refractivity contribution in [1.29, 1.82) is 0 Å². The Hall–Kier alpha value is -2.37. The molecule has 3 rings (SSSR count). The normalized spacial score (nSPS) is 20.0. The molecular formula is C20H26N2O4. The number of amides is 2. The second-order valence-corrected chi connectivity index (χ2v) is 7.20. The number of hydrogen-bond acceptors (Lipinski definition) is 3. The average molecular weight is 358 g/mol. The Balaban J connectivity index is 1.55. The summed E-state index contributed by atoms with van der Waals surface area (Å²) in [5, 5.41) is 8.83. The Kier molecular flexibility index (Phi) is 5.91. The second-order valence-electron chi connectivity index (χ2n) is 7.20.